The van der Waals surface area contributed by atoms with Crippen molar-refractivity contribution >= 4 is 23.2 Å². The summed E-state index contributed by atoms with van der Waals surface area (Å²) in [6, 6.07) is 19.8. The van der Waals surface area contributed by atoms with Gasteiger partial charge in [-0.2, -0.15) is 0 Å². The summed E-state index contributed by atoms with van der Waals surface area (Å²) in [5.41, 5.74) is 3.36. The van der Waals surface area contributed by atoms with Crippen LogP contribution in [-0.2, 0) is 6.54 Å². The van der Waals surface area contributed by atoms with Crippen molar-refractivity contribution in [3.05, 3.63) is 88.8 Å². The molecule has 1 aromatic heterocycles. The molecule has 0 unspecified atom stereocenters. The summed E-state index contributed by atoms with van der Waals surface area (Å²) >= 11 is 5.99. The van der Waals surface area contributed by atoms with Crippen LogP contribution in [0.15, 0.2) is 71.3 Å². The van der Waals surface area contributed by atoms with E-state index in [1.807, 2.05) is 41.3 Å². The molecule has 1 fully saturated rings. The summed E-state index contributed by atoms with van der Waals surface area (Å²) in [5.74, 6) is 0.309. The van der Waals surface area contributed by atoms with Gasteiger partial charge in [0.2, 0.25) is 0 Å². The van der Waals surface area contributed by atoms with E-state index in [2.05, 4.69) is 24.0 Å². The van der Waals surface area contributed by atoms with E-state index in [-0.39, 0.29) is 11.9 Å². The first kappa shape index (κ1) is 19.7. The van der Waals surface area contributed by atoms with Crippen LogP contribution in [0.2, 0.25) is 5.02 Å². The lowest BCUT2D eigenvalue weighted by Gasteiger charge is -2.38. The molecule has 0 bridgehead atoms. The second-order valence-electron chi connectivity index (χ2n) is 7.62. The normalized spacial score (nSPS) is 15.4. The number of piperidine rings is 1. The smallest absolute Gasteiger partial charge is 0.294 e. The van der Waals surface area contributed by atoms with Gasteiger partial charge in [-0.15, -0.1) is 0 Å². The number of carbonyl (C=O) groups excluding carboxylic acids is 1. The number of benzene rings is 2. The molecule has 3 aromatic rings. The van der Waals surface area contributed by atoms with Crippen LogP contribution in [0.4, 0.5) is 5.69 Å². The number of amides is 1. The van der Waals surface area contributed by atoms with Crippen LogP contribution in [-0.4, -0.2) is 29.9 Å². The largest absolute Gasteiger partial charge is 0.459 e. The highest BCUT2D eigenvalue weighted by molar-refractivity contribution is 6.30. The van der Waals surface area contributed by atoms with Crippen molar-refractivity contribution in [3.8, 4) is 0 Å². The summed E-state index contributed by atoms with van der Waals surface area (Å²) in [6.45, 7) is 4.85. The van der Waals surface area contributed by atoms with E-state index in [1.54, 1.807) is 18.4 Å². The Balaban J connectivity index is 1.48. The van der Waals surface area contributed by atoms with E-state index < -0.39 is 0 Å². The minimum atomic E-state index is -0.0741. The number of likely N-dealkylation sites (tertiary alicyclic amines) is 1. The molecular weight excluding hydrogens is 384 g/mol. The fraction of sp³-hybridized carbons (Fsp3) is 0.292. The molecule has 1 saturated heterocycles. The van der Waals surface area contributed by atoms with Crippen LogP contribution in [0.1, 0.15) is 34.5 Å². The van der Waals surface area contributed by atoms with Gasteiger partial charge in [0.25, 0.3) is 5.91 Å². The number of nitrogens with zero attached hydrogens (tertiary/aromatic N) is 2. The Labute approximate surface area is 176 Å². The van der Waals surface area contributed by atoms with Gasteiger partial charge in [-0.1, -0.05) is 41.4 Å². The number of halogens is 1. The molecule has 1 amide bonds. The Morgan fingerprint density at radius 3 is 2.38 bits per heavy atom. The van der Waals surface area contributed by atoms with Crippen molar-refractivity contribution in [1.82, 2.24) is 4.90 Å². The Morgan fingerprint density at radius 1 is 1.07 bits per heavy atom. The maximum absolute atomic E-state index is 13.2. The maximum Gasteiger partial charge on any atom is 0.294 e. The van der Waals surface area contributed by atoms with E-state index in [0.29, 0.717) is 5.76 Å². The fourth-order valence-corrected chi connectivity index (χ4v) is 4.03. The van der Waals surface area contributed by atoms with Crippen LogP contribution < -0.4 is 4.90 Å². The first-order valence-electron chi connectivity index (χ1n) is 10.0. The molecule has 29 heavy (non-hydrogen) atoms. The number of anilines is 1. The molecule has 5 heteroatoms. The van der Waals surface area contributed by atoms with Crippen molar-refractivity contribution in [2.24, 2.45) is 0 Å². The molecule has 0 saturated carbocycles. The topological polar surface area (TPSA) is 36.7 Å². The third-order valence-corrected chi connectivity index (χ3v) is 5.76. The molecule has 0 atom stereocenters. The SMILES string of the molecule is Cc1ccc(N(C(=O)c2ccco2)C2CCN(Cc3ccc(Cl)cc3)CC2)cc1. The van der Waals surface area contributed by atoms with Gasteiger partial charge in [-0.05, 0) is 61.7 Å². The number of furan rings is 1. The summed E-state index contributed by atoms with van der Waals surface area (Å²) in [4.78, 5) is 17.6. The summed E-state index contributed by atoms with van der Waals surface area (Å²) in [7, 11) is 0. The van der Waals surface area contributed by atoms with Crippen LogP contribution in [0.3, 0.4) is 0 Å². The molecule has 150 valence electrons. The number of hydrogen-bond acceptors (Lipinski definition) is 3. The molecule has 0 N–H and O–H groups in total. The van der Waals surface area contributed by atoms with Gasteiger partial charge < -0.3 is 9.32 Å². The van der Waals surface area contributed by atoms with Crippen molar-refractivity contribution in [1.29, 1.82) is 0 Å². The van der Waals surface area contributed by atoms with Crippen LogP contribution >= 0.6 is 11.6 Å². The van der Waals surface area contributed by atoms with Gasteiger partial charge in [-0.25, -0.2) is 0 Å². The fourth-order valence-electron chi connectivity index (χ4n) is 3.90. The average molecular weight is 409 g/mol. The molecular formula is C24H25ClN2O2. The van der Waals surface area contributed by atoms with Crippen LogP contribution in [0.25, 0.3) is 0 Å². The molecule has 2 aromatic carbocycles. The van der Waals surface area contributed by atoms with Crippen molar-refractivity contribution < 1.29 is 9.21 Å². The van der Waals surface area contributed by atoms with E-state index in [9.17, 15) is 4.79 Å². The molecule has 1 aliphatic heterocycles. The van der Waals surface area contributed by atoms with E-state index >= 15 is 0 Å². The third kappa shape index (κ3) is 4.72. The molecule has 0 aliphatic carbocycles. The standard InChI is InChI=1S/C24H25ClN2O2/c1-18-4-10-21(11-5-18)27(24(28)23-3-2-16-29-23)22-12-14-26(15-13-22)17-19-6-8-20(25)9-7-19/h2-11,16,22H,12-15,17H2,1H3. The van der Waals surface area contributed by atoms with E-state index in [4.69, 9.17) is 16.0 Å². The van der Waals surface area contributed by atoms with Crippen LogP contribution in [0.5, 0.6) is 0 Å². The number of aryl methyl sites for hydroxylation is 1. The monoisotopic (exact) mass is 408 g/mol. The zero-order valence-corrected chi connectivity index (χ0v) is 17.3. The van der Waals surface area contributed by atoms with E-state index in [0.717, 1.165) is 43.2 Å². The summed E-state index contributed by atoms with van der Waals surface area (Å²) in [6.07, 6.45) is 3.40. The lowest BCUT2D eigenvalue weighted by atomic mass is 10.0. The van der Waals surface area contributed by atoms with Crippen molar-refractivity contribution in [2.75, 3.05) is 18.0 Å². The first-order chi connectivity index (χ1) is 14.1. The van der Waals surface area contributed by atoms with Gasteiger partial charge in [-0.3, -0.25) is 9.69 Å². The van der Waals surface area contributed by atoms with Gasteiger partial charge in [0, 0.05) is 36.4 Å². The van der Waals surface area contributed by atoms with Gasteiger partial charge in [0.15, 0.2) is 5.76 Å². The minimum Gasteiger partial charge on any atom is -0.459 e. The predicted octanol–water partition coefficient (Wildman–Crippen LogP) is 5.55. The lowest BCUT2D eigenvalue weighted by Crippen LogP contribution is -2.47. The molecule has 4 nitrogen and oxygen atoms in total. The average Bonchev–Trinajstić information content (AvgIpc) is 3.27. The second kappa shape index (κ2) is 8.85. The van der Waals surface area contributed by atoms with Crippen molar-refractivity contribution in [2.45, 2.75) is 32.4 Å². The molecule has 2 heterocycles. The zero-order chi connectivity index (χ0) is 20.2. The van der Waals surface area contributed by atoms with Gasteiger partial charge in [0.05, 0.1) is 6.26 Å². The zero-order valence-electron chi connectivity index (χ0n) is 16.6. The number of rotatable bonds is 5. The number of hydrogen-bond donors (Lipinski definition) is 0. The maximum atomic E-state index is 13.2. The molecule has 0 radical (unpaired) electrons. The van der Waals surface area contributed by atoms with Crippen LogP contribution in [0, 0.1) is 6.92 Å². The lowest BCUT2D eigenvalue weighted by molar-refractivity contribution is 0.0931. The highest BCUT2D eigenvalue weighted by atomic mass is 35.5. The molecule has 4 rings (SSSR count). The Kier molecular flexibility index (Phi) is 6.02. The highest BCUT2D eigenvalue weighted by Crippen LogP contribution is 2.27. The predicted molar refractivity (Wildman–Crippen MR) is 116 cm³/mol. The minimum absolute atomic E-state index is 0.0741. The Hall–Kier alpha value is -2.56. The summed E-state index contributed by atoms with van der Waals surface area (Å²) < 4.78 is 5.41. The molecule has 1 aliphatic rings. The summed E-state index contributed by atoms with van der Waals surface area (Å²) in [5, 5.41) is 0.762. The second-order valence-corrected chi connectivity index (χ2v) is 8.06. The van der Waals surface area contributed by atoms with Gasteiger partial charge >= 0.3 is 0 Å². The molecule has 0 spiro atoms. The highest BCUT2D eigenvalue weighted by Gasteiger charge is 2.31. The Bertz CT molecular complexity index is 928. The first-order valence-corrected chi connectivity index (χ1v) is 10.4. The number of carbonyl (C=O) groups is 1. The quantitative estimate of drug-likeness (QED) is 0.555. The van der Waals surface area contributed by atoms with E-state index in [1.165, 1.54) is 11.1 Å². The van der Waals surface area contributed by atoms with Gasteiger partial charge in [0.1, 0.15) is 0 Å². The Morgan fingerprint density at radius 2 is 1.76 bits per heavy atom. The third-order valence-electron chi connectivity index (χ3n) is 5.50. The van der Waals surface area contributed by atoms with Crippen molar-refractivity contribution in [3.63, 3.8) is 0 Å².